The first-order valence-corrected chi connectivity index (χ1v) is 5.28. The molecular formula is C9H16N4O2. The molecule has 0 bridgehead atoms. The van der Waals surface area contributed by atoms with Gasteiger partial charge in [0.15, 0.2) is 0 Å². The van der Waals surface area contributed by atoms with Crippen LogP contribution in [0.25, 0.3) is 0 Å². The van der Waals surface area contributed by atoms with Crippen molar-refractivity contribution in [1.29, 1.82) is 0 Å². The molecular weight excluding hydrogens is 196 g/mol. The van der Waals surface area contributed by atoms with Crippen LogP contribution >= 0.6 is 0 Å². The summed E-state index contributed by atoms with van der Waals surface area (Å²) in [4.78, 5) is 6.21. The number of anilines is 1. The highest BCUT2D eigenvalue weighted by molar-refractivity contribution is 5.29. The third-order valence-corrected chi connectivity index (χ3v) is 2.55. The van der Waals surface area contributed by atoms with Crippen LogP contribution in [0.2, 0.25) is 0 Å². The van der Waals surface area contributed by atoms with Crippen molar-refractivity contribution < 1.29 is 9.63 Å². The lowest BCUT2D eigenvalue weighted by Gasteiger charge is -2.09. The standard InChI is InChI=1S/C9H16N4O2/c10-4-3-7(14)8-11-9(12-15-8)13-5-1-2-6-13/h7,14H,1-6,10H2. The summed E-state index contributed by atoms with van der Waals surface area (Å²) in [6.45, 7) is 2.33. The molecule has 1 aliphatic heterocycles. The smallest absolute Gasteiger partial charge is 0.266 e. The third kappa shape index (κ3) is 2.27. The van der Waals surface area contributed by atoms with Crippen molar-refractivity contribution >= 4 is 5.95 Å². The van der Waals surface area contributed by atoms with Crippen molar-refractivity contribution in [3.05, 3.63) is 5.89 Å². The zero-order valence-corrected chi connectivity index (χ0v) is 8.59. The number of rotatable bonds is 4. The van der Waals surface area contributed by atoms with Crippen LogP contribution in [0.4, 0.5) is 5.95 Å². The van der Waals surface area contributed by atoms with Gasteiger partial charge in [-0.1, -0.05) is 0 Å². The van der Waals surface area contributed by atoms with Crippen molar-refractivity contribution in [1.82, 2.24) is 10.1 Å². The molecule has 0 amide bonds. The predicted molar refractivity (Wildman–Crippen MR) is 54.4 cm³/mol. The largest absolute Gasteiger partial charge is 0.383 e. The maximum absolute atomic E-state index is 9.58. The highest BCUT2D eigenvalue weighted by Gasteiger charge is 2.20. The number of hydrogen-bond donors (Lipinski definition) is 2. The van der Waals surface area contributed by atoms with E-state index in [4.69, 9.17) is 10.3 Å². The van der Waals surface area contributed by atoms with E-state index in [1.54, 1.807) is 0 Å². The van der Waals surface area contributed by atoms with Gasteiger partial charge in [0.2, 0.25) is 0 Å². The second kappa shape index (κ2) is 4.59. The lowest BCUT2D eigenvalue weighted by Crippen LogP contribution is -2.19. The minimum Gasteiger partial charge on any atom is -0.383 e. The number of aromatic nitrogens is 2. The molecule has 1 aromatic heterocycles. The average Bonchev–Trinajstić information content (AvgIpc) is 2.89. The second-order valence-electron chi connectivity index (χ2n) is 3.72. The summed E-state index contributed by atoms with van der Waals surface area (Å²) >= 11 is 0. The highest BCUT2D eigenvalue weighted by atomic mass is 16.5. The van der Waals surface area contributed by atoms with E-state index in [2.05, 4.69) is 15.0 Å². The number of aliphatic hydroxyl groups is 1. The minimum atomic E-state index is -0.737. The van der Waals surface area contributed by atoms with E-state index in [1.807, 2.05) is 0 Å². The molecule has 2 heterocycles. The fourth-order valence-electron chi connectivity index (χ4n) is 1.69. The molecule has 0 spiro atoms. The summed E-state index contributed by atoms with van der Waals surface area (Å²) in [6.07, 6.45) is 2.03. The molecule has 1 unspecified atom stereocenters. The van der Waals surface area contributed by atoms with Crippen LogP contribution in [-0.2, 0) is 0 Å². The topological polar surface area (TPSA) is 88.4 Å². The molecule has 3 N–H and O–H groups in total. The van der Waals surface area contributed by atoms with E-state index in [9.17, 15) is 5.11 Å². The van der Waals surface area contributed by atoms with Crippen molar-refractivity contribution in [3.63, 3.8) is 0 Å². The van der Waals surface area contributed by atoms with Crippen LogP contribution < -0.4 is 10.6 Å². The van der Waals surface area contributed by atoms with Gasteiger partial charge in [0.05, 0.1) is 0 Å². The summed E-state index contributed by atoms with van der Waals surface area (Å²) in [5.41, 5.74) is 5.34. The van der Waals surface area contributed by atoms with Gasteiger partial charge in [-0.2, -0.15) is 4.98 Å². The first-order valence-electron chi connectivity index (χ1n) is 5.28. The first kappa shape index (κ1) is 10.4. The molecule has 84 valence electrons. The Labute approximate surface area is 88.1 Å². The van der Waals surface area contributed by atoms with Crippen molar-refractivity contribution in [2.75, 3.05) is 24.5 Å². The van der Waals surface area contributed by atoms with E-state index < -0.39 is 6.10 Å². The van der Waals surface area contributed by atoms with Crippen LogP contribution in [0.15, 0.2) is 4.52 Å². The fraction of sp³-hybridized carbons (Fsp3) is 0.778. The number of aliphatic hydroxyl groups excluding tert-OH is 1. The van der Waals surface area contributed by atoms with Crippen molar-refractivity contribution in [2.45, 2.75) is 25.4 Å². The average molecular weight is 212 g/mol. The second-order valence-corrected chi connectivity index (χ2v) is 3.72. The zero-order valence-electron chi connectivity index (χ0n) is 8.59. The first-order chi connectivity index (χ1) is 7.31. The van der Waals surface area contributed by atoms with Gasteiger partial charge in [0.1, 0.15) is 6.10 Å². The molecule has 1 aromatic rings. The highest BCUT2D eigenvalue weighted by Crippen LogP contribution is 2.20. The molecule has 6 heteroatoms. The normalized spacial score (nSPS) is 18.4. The van der Waals surface area contributed by atoms with Crippen LogP contribution in [0.3, 0.4) is 0 Å². The van der Waals surface area contributed by atoms with Gasteiger partial charge < -0.3 is 20.3 Å². The van der Waals surface area contributed by atoms with Crippen LogP contribution in [-0.4, -0.2) is 34.9 Å². The van der Waals surface area contributed by atoms with Gasteiger partial charge in [-0.05, 0) is 31.0 Å². The van der Waals surface area contributed by atoms with Gasteiger partial charge in [-0.3, -0.25) is 0 Å². The Morgan fingerprint density at radius 1 is 1.47 bits per heavy atom. The van der Waals surface area contributed by atoms with Crippen LogP contribution in [0.1, 0.15) is 31.3 Å². The molecule has 15 heavy (non-hydrogen) atoms. The molecule has 1 saturated heterocycles. The molecule has 1 fully saturated rings. The van der Waals surface area contributed by atoms with E-state index in [0.717, 1.165) is 25.9 Å². The van der Waals surface area contributed by atoms with E-state index in [0.29, 0.717) is 18.9 Å². The summed E-state index contributed by atoms with van der Waals surface area (Å²) in [5, 5.41) is 13.4. The van der Waals surface area contributed by atoms with E-state index in [-0.39, 0.29) is 5.89 Å². The monoisotopic (exact) mass is 212 g/mol. The van der Waals surface area contributed by atoms with Gasteiger partial charge in [0, 0.05) is 13.1 Å². The Balaban J connectivity index is 2.02. The lowest BCUT2D eigenvalue weighted by atomic mass is 10.2. The predicted octanol–water partition coefficient (Wildman–Crippen LogP) is 0.0520. The van der Waals surface area contributed by atoms with Gasteiger partial charge in [0.25, 0.3) is 11.8 Å². The molecule has 0 aliphatic carbocycles. The number of nitrogens with zero attached hydrogens (tertiary/aromatic N) is 3. The molecule has 1 aliphatic rings. The van der Waals surface area contributed by atoms with Crippen LogP contribution in [0.5, 0.6) is 0 Å². The Morgan fingerprint density at radius 3 is 2.87 bits per heavy atom. The van der Waals surface area contributed by atoms with Gasteiger partial charge >= 0.3 is 0 Å². The van der Waals surface area contributed by atoms with Gasteiger partial charge in [-0.15, -0.1) is 0 Å². The zero-order chi connectivity index (χ0) is 10.7. The van der Waals surface area contributed by atoms with E-state index >= 15 is 0 Å². The molecule has 1 atom stereocenters. The van der Waals surface area contributed by atoms with Crippen molar-refractivity contribution in [2.24, 2.45) is 5.73 Å². The third-order valence-electron chi connectivity index (χ3n) is 2.55. The summed E-state index contributed by atoms with van der Waals surface area (Å²) in [6, 6.07) is 0. The minimum absolute atomic E-state index is 0.266. The molecule has 0 aromatic carbocycles. The van der Waals surface area contributed by atoms with Crippen LogP contribution in [0, 0.1) is 0 Å². The molecule has 0 saturated carbocycles. The number of nitrogens with two attached hydrogens (primary N) is 1. The summed E-state index contributed by atoms with van der Waals surface area (Å²) in [7, 11) is 0. The Bertz CT molecular complexity index is 309. The number of hydrogen-bond acceptors (Lipinski definition) is 6. The molecule has 2 rings (SSSR count). The molecule has 0 radical (unpaired) electrons. The van der Waals surface area contributed by atoms with Crippen molar-refractivity contribution in [3.8, 4) is 0 Å². The Morgan fingerprint density at radius 2 is 2.20 bits per heavy atom. The van der Waals surface area contributed by atoms with Gasteiger partial charge in [-0.25, -0.2) is 0 Å². The van der Waals surface area contributed by atoms with E-state index in [1.165, 1.54) is 0 Å². The summed E-state index contributed by atoms with van der Waals surface area (Å²) in [5.74, 6) is 0.848. The molecule has 6 nitrogen and oxygen atoms in total. The SMILES string of the molecule is NCCC(O)c1nc(N2CCCC2)no1. The maximum atomic E-state index is 9.58. The summed E-state index contributed by atoms with van der Waals surface area (Å²) < 4.78 is 4.98. The Hall–Kier alpha value is -1.14. The quantitative estimate of drug-likeness (QED) is 0.733. The Kier molecular flexibility index (Phi) is 3.17. The lowest BCUT2D eigenvalue weighted by molar-refractivity contribution is 0.127. The fourth-order valence-corrected chi connectivity index (χ4v) is 1.69. The maximum Gasteiger partial charge on any atom is 0.266 e.